The maximum absolute atomic E-state index is 14.4. The fourth-order valence-corrected chi connectivity index (χ4v) is 5.06. The molecule has 4 aromatic carbocycles. The lowest BCUT2D eigenvalue weighted by atomic mass is 9.87. The van der Waals surface area contributed by atoms with Gasteiger partial charge in [-0.15, -0.1) is 0 Å². The number of aromatic nitrogens is 1. The van der Waals surface area contributed by atoms with E-state index >= 15 is 0 Å². The molecule has 1 amide bonds. The van der Waals surface area contributed by atoms with Crippen molar-refractivity contribution in [3.05, 3.63) is 147 Å². The molecule has 0 saturated heterocycles. The predicted octanol–water partition coefficient (Wildman–Crippen LogP) is 7.59. The molecule has 42 heavy (non-hydrogen) atoms. The number of alkyl halides is 3. The van der Waals surface area contributed by atoms with Gasteiger partial charge in [0.25, 0.3) is 5.69 Å². The van der Waals surface area contributed by atoms with Crippen molar-refractivity contribution in [3.8, 4) is 0 Å². The maximum Gasteiger partial charge on any atom is 0.416 e. The van der Waals surface area contributed by atoms with Crippen LogP contribution in [0.2, 0.25) is 0 Å². The molecule has 0 spiro atoms. The summed E-state index contributed by atoms with van der Waals surface area (Å²) in [5, 5.41) is 14.8. The molecule has 6 nitrogen and oxygen atoms in total. The van der Waals surface area contributed by atoms with Crippen molar-refractivity contribution in [2.75, 3.05) is 0 Å². The van der Waals surface area contributed by atoms with Crippen molar-refractivity contribution in [2.24, 2.45) is 0 Å². The number of rotatable bonds is 9. The molecule has 0 radical (unpaired) electrons. The Balaban J connectivity index is 1.52. The molecule has 0 aliphatic rings. The number of nitro benzene ring substituents is 1. The Hall–Kier alpha value is -4.99. The molecule has 0 bridgehead atoms. The average molecular weight is 576 g/mol. The highest BCUT2D eigenvalue weighted by molar-refractivity contribution is 5.88. The zero-order valence-electron chi connectivity index (χ0n) is 22.1. The molecule has 0 aliphatic heterocycles. The molecule has 0 aliphatic carbocycles. The Morgan fingerprint density at radius 1 is 0.905 bits per heavy atom. The summed E-state index contributed by atoms with van der Waals surface area (Å²) in [5.74, 6) is -1.69. The summed E-state index contributed by atoms with van der Waals surface area (Å²) in [6, 6.07) is 24.5. The minimum absolute atomic E-state index is 0.131. The number of carbonyl (C=O) groups is 1. The fraction of sp³-hybridized carbons (Fsp3) is 0.156. The van der Waals surface area contributed by atoms with E-state index in [0.717, 1.165) is 17.7 Å². The monoisotopic (exact) mass is 575 g/mol. The van der Waals surface area contributed by atoms with Crippen molar-refractivity contribution in [2.45, 2.75) is 31.6 Å². The van der Waals surface area contributed by atoms with Crippen LogP contribution in [0.4, 0.5) is 23.2 Å². The lowest BCUT2D eigenvalue weighted by molar-refractivity contribution is -0.384. The van der Waals surface area contributed by atoms with Crippen LogP contribution in [0.15, 0.2) is 103 Å². The zero-order chi connectivity index (χ0) is 29.9. The van der Waals surface area contributed by atoms with Gasteiger partial charge in [-0.1, -0.05) is 54.6 Å². The van der Waals surface area contributed by atoms with Gasteiger partial charge in [-0.3, -0.25) is 14.9 Å². The maximum atomic E-state index is 14.4. The van der Waals surface area contributed by atoms with Gasteiger partial charge >= 0.3 is 6.18 Å². The smallest absolute Gasteiger partial charge is 0.352 e. The first-order chi connectivity index (χ1) is 20.1. The first-order valence-corrected chi connectivity index (χ1v) is 13.1. The van der Waals surface area contributed by atoms with E-state index in [4.69, 9.17) is 0 Å². The average Bonchev–Trinajstić information content (AvgIpc) is 3.32. The molecule has 5 rings (SSSR count). The number of non-ortho nitro benzene ring substituents is 1. The highest BCUT2D eigenvalue weighted by Crippen LogP contribution is 2.37. The van der Waals surface area contributed by atoms with E-state index in [2.05, 4.69) is 5.32 Å². The van der Waals surface area contributed by atoms with E-state index in [-0.39, 0.29) is 24.2 Å². The number of nitro groups is 1. The van der Waals surface area contributed by atoms with Gasteiger partial charge in [-0.2, -0.15) is 13.2 Å². The molecule has 1 aromatic heterocycles. The summed E-state index contributed by atoms with van der Waals surface area (Å²) in [7, 11) is 0. The Labute approximate surface area is 238 Å². The largest absolute Gasteiger partial charge is 0.416 e. The second-order valence-electron chi connectivity index (χ2n) is 9.94. The van der Waals surface area contributed by atoms with Crippen LogP contribution in [0.5, 0.6) is 0 Å². The van der Waals surface area contributed by atoms with Crippen molar-refractivity contribution < 1.29 is 27.3 Å². The van der Waals surface area contributed by atoms with Crippen molar-refractivity contribution >= 4 is 22.5 Å². The standard InChI is InChI=1S/C32H25F4N3O3/c33-25-11-5-9-23(15-25)27(17-31(40)37-18-22-8-4-10-24(14-22)32(34,35)36)29-20-38(19-21-6-2-1-3-7-21)30-13-12-26(39(41)42)16-28(29)30/h1-16,20,27H,17-19H2,(H,37,40). The van der Waals surface area contributed by atoms with Crippen LogP contribution in [0.1, 0.15) is 40.2 Å². The quantitative estimate of drug-likeness (QED) is 0.112. The summed E-state index contributed by atoms with van der Waals surface area (Å²) in [6.45, 7) is 0.312. The summed E-state index contributed by atoms with van der Waals surface area (Å²) in [5.41, 5.74) is 2.08. The van der Waals surface area contributed by atoms with Gasteiger partial charge in [0.15, 0.2) is 0 Å². The van der Waals surface area contributed by atoms with Crippen LogP contribution in [-0.2, 0) is 24.1 Å². The van der Waals surface area contributed by atoms with Gasteiger partial charge in [0.05, 0.1) is 10.5 Å². The van der Waals surface area contributed by atoms with Gasteiger partial charge in [-0.05, 0) is 52.6 Å². The lowest BCUT2D eigenvalue weighted by Crippen LogP contribution is -2.25. The predicted molar refractivity (Wildman–Crippen MR) is 150 cm³/mol. The molecule has 10 heteroatoms. The highest BCUT2D eigenvalue weighted by Gasteiger charge is 2.30. The molecule has 0 fully saturated rings. The highest BCUT2D eigenvalue weighted by atomic mass is 19.4. The normalized spacial score (nSPS) is 12.3. The number of carbonyl (C=O) groups excluding carboxylic acids is 1. The van der Waals surface area contributed by atoms with Gasteiger partial charge in [0.1, 0.15) is 5.82 Å². The molecule has 1 unspecified atom stereocenters. The third kappa shape index (κ3) is 6.49. The third-order valence-electron chi connectivity index (χ3n) is 7.06. The number of hydrogen-bond acceptors (Lipinski definition) is 3. The number of amides is 1. The second kappa shape index (κ2) is 11.9. The Morgan fingerprint density at radius 3 is 2.36 bits per heavy atom. The Bertz CT molecular complexity index is 1750. The fourth-order valence-electron chi connectivity index (χ4n) is 5.06. The molecular weight excluding hydrogens is 550 g/mol. The topological polar surface area (TPSA) is 77.2 Å². The van der Waals surface area contributed by atoms with E-state index in [1.807, 2.05) is 41.1 Å². The van der Waals surface area contributed by atoms with E-state index in [0.29, 0.717) is 28.6 Å². The van der Waals surface area contributed by atoms with Gasteiger partial charge in [0.2, 0.25) is 5.91 Å². The molecule has 1 atom stereocenters. The van der Waals surface area contributed by atoms with Crippen LogP contribution >= 0.6 is 0 Å². The molecule has 214 valence electrons. The number of nitrogens with one attached hydrogen (secondary N) is 1. The number of benzene rings is 4. The van der Waals surface area contributed by atoms with Gasteiger partial charge in [-0.25, -0.2) is 4.39 Å². The minimum Gasteiger partial charge on any atom is -0.352 e. The minimum atomic E-state index is -4.51. The lowest BCUT2D eigenvalue weighted by Gasteiger charge is -2.18. The second-order valence-corrected chi connectivity index (χ2v) is 9.94. The van der Waals surface area contributed by atoms with Crippen LogP contribution in [-0.4, -0.2) is 15.4 Å². The number of fused-ring (bicyclic) bond motifs is 1. The number of nitrogens with zero attached hydrogens (tertiary/aromatic N) is 2. The third-order valence-corrected chi connectivity index (χ3v) is 7.06. The molecule has 0 saturated carbocycles. The molecular formula is C32H25F4N3O3. The zero-order valence-corrected chi connectivity index (χ0v) is 22.1. The Kier molecular flexibility index (Phi) is 8.06. The van der Waals surface area contributed by atoms with Crippen molar-refractivity contribution in [1.82, 2.24) is 9.88 Å². The Morgan fingerprint density at radius 2 is 1.64 bits per heavy atom. The van der Waals surface area contributed by atoms with Crippen molar-refractivity contribution in [1.29, 1.82) is 0 Å². The summed E-state index contributed by atoms with van der Waals surface area (Å²) in [4.78, 5) is 24.3. The van der Waals surface area contributed by atoms with Crippen LogP contribution in [0.25, 0.3) is 10.9 Å². The van der Waals surface area contributed by atoms with Crippen LogP contribution in [0.3, 0.4) is 0 Å². The first-order valence-electron chi connectivity index (χ1n) is 13.1. The van der Waals surface area contributed by atoms with Crippen LogP contribution in [0, 0.1) is 15.9 Å². The van der Waals surface area contributed by atoms with Crippen molar-refractivity contribution in [3.63, 3.8) is 0 Å². The van der Waals surface area contributed by atoms with Gasteiger partial charge < -0.3 is 9.88 Å². The summed E-state index contributed by atoms with van der Waals surface area (Å²) >= 11 is 0. The molecule has 5 aromatic rings. The summed E-state index contributed by atoms with van der Waals surface area (Å²) < 4.78 is 55.7. The SMILES string of the molecule is O=C(CC(c1cccc(F)c1)c1cn(Cc2ccccc2)c2ccc([N+](=O)[O-])cc12)NCc1cccc(C(F)(F)F)c1. The van der Waals surface area contributed by atoms with E-state index < -0.39 is 34.3 Å². The van der Waals surface area contributed by atoms with E-state index in [1.165, 1.54) is 42.5 Å². The van der Waals surface area contributed by atoms with E-state index in [9.17, 15) is 32.5 Å². The summed E-state index contributed by atoms with van der Waals surface area (Å²) in [6.07, 6.45) is -2.87. The molecule has 1 heterocycles. The van der Waals surface area contributed by atoms with Crippen LogP contribution < -0.4 is 5.32 Å². The molecule has 1 N–H and O–H groups in total. The number of hydrogen-bond donors (Lipinski definition) is 1. The van der Waals surface area contributed by atoms with E-state index in [1.54, 1.807) is 12.1 Å². The number of halogens is 4. The van der Waals surface area contributed by atoms with Gasteiger partial charge in [0, 0.05) is 54.7 Å². The first kappa shape index (κ1) is 28.5.